The lowest BCUT2D eigenvalue weighted by atomic mass is 10.2. The molecule has 1 saturated heterocycles. The zero-order valence-electron chi connectivity index (χ0n) is 21.9. The molecule has 0 bridgehead atoms. The number of furan rings is 1. The van der Waals surface area contributed by atoms with Crippen molar-refractivity contribution in [2.45, 2.75) is 25.8 Å². The number of hydrogen-bond acceptors (Lipinski definition) is 10. The van der Waals surface area contributed by atoms with E-state index in [2.05, 4.69) is 25.3 Å². The fraction of sp³-hybridized carbons (Fsp3) is 0.370. The van der Waals surface area contributed by atoms with Crippen LogP contribution < -0.4 is 10.1 Å². The van der Waals surface area contributed by atoms with Gasteiger partial charge in [-0.2, -0.15) is 4.98 Å². The smallest absolute Gasteiger partial charge is 0.287 e. The van der Waals surface area contributed by atoms with E-state index in [-0.39, 0.29) is 28.9 Å². The van der Waals surface area contributed by atoms with Crippen molar-refractivity contribution in [3.05, 3.63) is 59.7 Å². The molecule has 0 spiro atoms. The van der Waals surface area contributed by atoms with Gasteiger partial charge in [-0.15, -0.1) is 11.3 Å². The summed E-state index contributed by atoms with van der Waals surface area (Å²) < 4.78 is 30.8. The van der Waals surface area contributed by atoms with Crippen LogP contribution in [0, 0.1) is 5.82 Å². The summed E-state index contributed by atoms with van der Waals surface area (Å²) >= 11 is 1.36. The number of nitrogens with one attached hydrogen (secondary N) is 1. The number of halogens is 1. The monoisotopic (exact) mass is 568 g/mol. The Kier molecular flexibility index (Phi) is 8.81. The van der Waals surface area contributed by atoms with Crippen molar-refractivity contribution in [2.75, 3.05) is 39.3 Å². The highest BCUT2D eigenvalue weighted by atomic mass is 32.1. The number of hydrogen-bond donors (Lipinski definition) is 1. The van der Waals surface area contributed by atoms with E-state index >= 15 is 0 Å². The lowest BCUT2D eigenvalue weighted by molar-refractivity contribution is -0.132. The molecule has 1 fully saturated rings. The lowest BCUT2D eigenvalue weighted by Gasteiger charge is -2.25. The zero-order chi connectivity index (χ0) is 27.9. The second kappa shape index (κ2) is 12.8. The van der Waals surface area contributed by atoms with Crippen molar-refractivity contribution in [1.82, 2.24) is 30.2 Å². The molecule has 210 valence electrons. The number of carbonyl (C=O) groups excluding carboxylic acids is 2. The zero-order valence-corrected chi connectivity index (χ0v) is 22.7. The van der Waals surface area contributed by atoms with Crippen molar-refractivity contribution in [3.63, 3.8) is 0 Å². The third-order valence-electron chi connectivity index (χ3n) is 6.47. The van der Waals surface area contributed by atoms with Gasteiger partial charge in [0.1, 0.15) is 17.6 Å². The largest absolute Gasteiger partial charge is 0.493 e. The molecule has 4 aromatic rings. The van der Waals surface area contributed by atoms with Crippen molar-refractivity contribution >= 4 is 23.2 Å². The summed E-state index contributed by atoms with van der Waals surface area (Å²) in [5.74, 6) is -0.0349. The number of benzene rings is 1. The van der Waals surface area contributed by atoms with Crippen LogP contribution in [0.5, 0.6) is 5.75 Å². The van der Waals surface area contributed by atoms with Crippen molar-refractivity contribution < 1.29 is 27.7 Å². The molecule has 0 aliphatic carbocycles. The average molecular weight is 569 g/mol. The average Bonchev–Trinajstić information content (AvgIpc) is 3.73. The van der Waals surface area contributed by atoms with Crippen LogP contribution in [0.2, 0.25) is 0 Å². The Morgan fingerprint density at radius 3 is 2.90 bits per heavy atom. The number of amides is 2. The Morgan fingerprint density at radius 1 is 1.23 bits per heavy atom. The van der Waals surface area contributed by atoms with E-state index in [9.17, 15) is 14.0 Å². The molecule has 0 unspecified atom stereocenters. The van der Waals surface area contributed by atoms with Crippen LogP contribution in [0.1, 0.15) is 30.3 Å². The Balaban J connectivity index is 1.04. The van der Waals surface area contributed by atoms with Crippen LogP contribution in [0.25, 0.3) is 22.3 Å². The van der Waals surface area contributed by atoms with Gasteiger partial charge in [-0.1, -0.05) is 5.16 Å². The van der Waals surface area contributed by atoms with E-state index in [1.54, 1.807) is 47.7 Å². The third-order valence-corrected chi connectivity index (χ3v) is 7.23. The predicted molar refractivity (Wildman–Crippen MR) is 144 cm³/mol. The third kappa shape index (κ3) is 6.72. The van der Waals surface area contributed by atoms with Gasteiger partial charge in [-0.3, -0.25) is 9.59 Å². The van der Waals surface area contributed by atoms with Crippen LogP contribution in [0.3, 0.4) is 0 Å². The number of ether oxygens (including phenoxy) is 1. The summed E-state index contributed by atoms with van der Waals surface area (Å²) in [7, 11) is 0. The Hall–Kier alpha value is -4.10. The molecular weight excluding hydrogens is 539 g/mol. The highest BCUT2D eigenvalue weighted by molar-refractivity contribution is 7.12. The molecule has 1 atom stereocenters. The van der Waals surface area contributed by atoms with Crippen molar-refractivity contribution in [2.24, 2.45) is 0 Å². The van der Waals surface area contributed by atoms with Gasteiger partial charge >= 0.3 is 0 Å². The topological polar surface area (TPSA) is 127 Å². The molecule has 4 heterocycles. The van der Waals surface area contributed by atoms with E-state index in [1.165, 1.54) is 23.7 Å². The summed E-state index contributed by atoms with van der Waals surface area (Å²) in [5, 5.41) is 8.93. The number of carbonyl (C=O) groups is 2. The number of aromatic nitrogens is 3. The first-order valence-corrected chi connectivity index (χ1v) is 13.9. The molecule has 1 aromatic carbocycles. The van der Waals surface area contributed by atoms with Gasteiger partial charge in [-0.25, -0.2) is 9.37 Å². The summed E-state index contributed by atoms with van der Waals surface area (Å²) in [6, 6.07) is 7.10. The molecule has 1 N–H and O–H groups in total. The summed E-state index contributed by atoms with van der Waals surface area (Å²) in [4.78, 5) is 37.5. The first-order valence-electron chi connectivity index (χ1n) is 13.0. The maximum Gasteiger partial charge on any atom is 0.287 e. The molecule has 0 saturated carbocycles. The Bertz CT molecular complexity index is 1410. The first-order chi connectivity index (χ1) is 19.5. The fourth-order valence-electron chi connectivity index (χ4n) is 4.42. The van der Waals surface area contributed by atoms with E-state index in [4.69, 9.17) is 13.7 Å². The molecule has 3 aromatic heterocycles. The highest BCUT2D eigenvalue weighted by Crippen LogP contribution is 2.27. The summed E-state index contributed by atoms with van der Waals surface area (Å²) in [5.41, 5.74) is 0.220. The molecule has 11 nitrogen and oxygen atoms in total. The van der Waals surface area contributed by atoms with Crippen LogP contribution in [-0.2, 0) is 4.79 Å². The van der Waals surface area contributed by atoms with Crippen molar-refractivity contribution in [1.29, 1.82) is 0 Å². The molecular formula is C27H29FN6O5S. The second-order valence-corrected chi connectivity index (χ2v) is 10.2. The second-order valence-electron chi connectivity index (χ2n) is 9.30. The van der Waals surface area contributed by atoms with Crippen LogP contribution in [0.15, 0.2) is 57.1 Å². The van der Waals surface area contributed by atoms with Gasteiger partial charge in [0.05, 0.1) is 18.4 Å². The SMILES string of the molecule is C[C@@H](NC(=O)c1ccco1)C(=O)N1CCCN(CCCOc2ccc(-c3noc(-c4nccs4)n3)c(F)c2)CC1. The molecule has 2 amide bonds. The van der Waals surface area contributed by atoms with Gasteiger partial charge in [0.25, 0.3) is 11.8 Å². The number of rotatable bonds is 10. The van der Waals surface area contributed by atoms with E-state index in [0.717, 1.165) is 32.5 Å². The first kappa shape index (κ1) is 27.5. The standard InChI is InChI=1S/C27H29FN6O5S/c1-18(30-24(35)22-5-2-14-38-22)27(36)34-11-3-9-33(12-13-34)10-4-15-37-19-6-7-20(21(28)17-19)23-31-25(39-32-23)26-29-8-16-40-26/h2,5-8,14,16-18H,3-4,9-13,15H2,1H3,(H,30,35)/t18-/m1/s1. The fourth-order valence-corrected chi connectivity index (χ4v) is 4.98. The van der Waals surface area contributed by atoms with Gasteiger partial charge in [-0.05, 0) is 50.6 Å². The van der Waals surface area contributed by atoms with Crippen LogP contribution in [0.4, 0.5) is 4.39 Å². The van der Waals surface area contributed by atoms with Gasteiger partial charge in [0.15, 0.2) is 10.8 Å². The predicted octanol–water partition coefficient (Wildman–Crippen LogP) is 3.71. The van der Waals surface area contributed by atoms with Crippen LogP contribution >= 0.6 is 11.3 Å². The molecule has 1 aliphatic rings. The minimum Gasteiger partial charge on any atom is -0.493 e. The van der Waals surface area contributed by atoms with E-state index in [0.29, 0.717) is 30.5 Å². The van der Waals surface area contributed by atoms with Crippen molar-refractivity contribution in [3.8, 4) is 28.0 Å². The number of nitrogens with zero attached hydrogens (tertiary/aromatic N) is 5. The van der Waals surface area contributed by atoms with Gasteiger partial charge in [0.2, 0.25) is 11.7 Å². The lowest BCUT2D eigenvalue weighted by Crippen LogP contribution is -2.48. The highest BCUT2D eigenvalue weighted by Gasteiger charge is 2.25. The molecule has 5 rings (SSSR count). The Morgan fingerprint density at radius 2 is 2.12 bits per heavy atom. The summed E-state index contributed by atoms with van der Waals surface area (Å²) in [6.07, 6.45) is 4.63. The van der Waals surface area contributed by atoms with E-state index in [1.807, 2.05) is 0 Å². The molecule has 40 heavy (non-hydrogen) atoms. The normalized spacial score (nSPS) is 15.0. The van der Waals surface area contributed by atoms with E-state index < -0.39 is 17.8 Å². The quantitative estimate of drug-likeness (QED) is 0.285. The molecule has 13 heteroatoms. The molecule has 1 aliphatic heterocycles. The summed E-state index contributed by atoms with van der Waals surface area (Å²) in [6.45, 7) is 5.67. The minimum atomic E-state index is -0.649. The minimum absolute atomic E-state index is 0.115. The maximum absolute atomic E-state index is 14.7. The maximum atomic E-state index is 14.7. The van der Waals surface area contributed by atoms with Gasteiger partial charge in [0, 0.05) is 43.8 Å². The van der Waals surface area contributed by atoms with Crippen LogP contribution in [-0.4, -0.2) is 82.1 Å². The van der Waals surface area contributed by atoms with Gasteiger partial charge < -0.3 is 28.8 Å². The Labute approximate surface area is 233 Å². The molecule has 0 radical (unpaired) electrons. The number of thiazole rings is 1.